The van der Waals surface area contributed by atoms with Crippen LogP contribution in [0.15, 0.2) is 30.3 Å². The Bertz CT molecular complexity index is 428. The van der Waals surface area contributed by atoms with Gasteiger partial charge >= 0.3 is 0 Å². The van der Waals surface area contributed by atoms with Gasteiger partial charge in [0.2, 0.25) is 0 Å². The molecule has 0 amide bonds. The average Bonchev–Trinajstić information content (AvgIpc) is 2.39. The molecule has 0 radical (unpaired) electrons. The van der Waals surface area contributed by atoms with Gasteiger partial charge < -0.3 is 10.0 Å². The fourth-order valence-electron chi connectivity index (χ4n) is 4.26. The normalized spacial score (nSPS) is 30.1. The highest BCUT2D eigenvalue weighted by Gasteiger charge is 2.64. The molecule has 0 saturated carbocycles. The second-order valence-corrected chi connectivity index (χ2v) is 6.11. The van der Waals surface area contributed by atoms with E-state index >= 15 is 0 Å². The molecule has 0 aliphatic carbocycles. The van der Waals surface area contributed by atoms with Crippen molar-refractivity contribution in [2.24, 2.45) is 0 Å². The van der Waals surface area contributed by atoms with Crippen molar-refractivity contribution in [3.8, 4) is 0 Å². The van der Waals surface area contributed by atoms with E-state index in [0.29, 0.717) is 12.0 Å². The zero-order valence-electron chi connectivity index (χ0n) is 11.9. The first-order valence-electron chi connectivity index (χ1n) is 7.34. The predicted molar refractivity (Wildman–Crippen MR) is 77.3 cm³/mol. The molecule has 1 N–H and O–H groups in total. The van der Waals surface area contributed by atoms with E-state index in [2.05, 4.69) is 54.1 Å². The van der Waals surface area contributed by atoms with E-state index in [-0.39, 0.29) is 12.1 Å². The number of likely N-dealkylation sites (tertiary alicyclic amines) is 2. The van der Waals surface area contributed by atoms with Crippen molar-refractivity contribution in [2.45, 2.75) is 30.8 Å². The molecule has 3 rings (SSSR count). The molecule has 3 heteroatoms. The van der Waals surface area contributed by atoms with Gasteiger partial charge in [-0.3, -0.25) is 4.90 Å². The Kier molecular flexibility index (Phi) is 3.37. The van der Waals surface area contributed by atoms with Crippen LogP contribution in [0.1, 0.15) is 24.8 Å². The minimum absolute atomic E-state index is 0.269. The van der Waals surface area contributed by atoms with Crippen molar-refractivity contribution in [2.75, 3.05) is 33.3 Å². The molecular weight excluding hydrogens is 236 g/mol. The summed E-state index contributed by atoms with van der Waals surface area (Å²) in [6.45, 7) is 5.85. The second-order valence-electron chi connectivity index (χ2n) is 6.11. The number of benzene rings is 1. The summed E-state index contributed by atoms with van der Waals surface area (Å²) in [5.41, 5.74) is 1.67. The Morgan fingerprint density at radius 1 is 1.26 bits per heavy atom. The zero-order valence-corrected chi connectivity index (χ0v) is 11.9. The summed E-state index contributed by atoms with van der Waals surface area (Å²) in [6, 6.07) is 11.0. The summed E-state index contributed by atoms with van der Waals surface area (Å²) in [5, 5.41) is 9.78. The Morgan fingerprint density at radius 2 is 1.95 bits per heavy atom. The Hall–Kier alpha value is -0.900. The van der Waals surface area contributed by atoms with Crippen LogP contribution in [0.2, 0.25) is 0 Å². The summed E-state index contributed by atoms with van der Waals surface area (Å²) < 4.78 is 0. The van der Waals surface area contributed by atoms with Gasteiger partial charge in [0.25, 0.3) is 0 Å². The van der Waals surface area contributed by atoms with Crippen LogP contribution in [0.3, 0.4) is 0 Å². The minimum Gasteiger partial charge on any atom is -0.395 e. The van der Waals surface area contributed by atoms with Crippen LogP contribution in [-0.2, 0) is 0 Å². The Morgan fingerprint density at radius 3 is 2.47 bits per heavy atom. The molecule has 1 aromatic rings. The van der Waals surface area contributed by atoms with Crippen molar-refractivity contribution in [3.05, 3.63) is 35.9 Å². The number of nitrogens with zero attached hydrogens (tertiary/aromatic N) is 2. The van der Waals surface area contributed by atoms with Crippen molar-refractivity contribution in [1.29, 1.82) is 0 Å². The smallest absolute Gasteiger partial charge is 0.0593 e. The summed E-state index contributed by atoms with van der Waals surface area (Å²) >= 11 is 0. The minimum atomic E-state index is 0.269. The maximum absolute atomic E-state index is 9.78. The van der Waals surface area contributed by atoms with Crippen LogP contribution >= 0.6 is 0 Å². The SMILES string of the molecule is CCCN1[C@H](CO)[C@H](c2ccccc2)C12CN(C)C2. The molecule has 2 saturated heterocycles. The van der Waals surface area contributed by atoms with E-state index in [4.69, 9.17) is 0 Å². The maximum Gasteiger partial charge on any atom is 0.0593 e. The van der Waals surface area contributed by atoms with Crippen molar-refractivity contribution < 1.29 is 5.11 Å². The van der Waals surface area contributed by atoms with Crippen molar-refractivity contribution in [3.63, 3.8) is 0 Å². The lowest BCUT2D eigenvalue weighted by atomic mass is 9.61. The molecule has 19 heavy (non-hydrogen) atoms. The largest absolute Gasteiger partial charge is 0.395 e. The van der Waals surface area contributed by atoms with Gasteiger partial charge in [0, 0.05) is 25.0 Å². The zero-order chi connectivity index (χ0) is 13.5. The molecule has 2 atom stereocenters. The first-order valence-corrected chi connectivity index (χ1v) is 7.34. The van der Waals surface area contributed by atoms with Gasteiger partial charge in [-0.25, -0.2) is 0 Å². The van der Waals surface area contributed by atoms with E-state index in [0.717, 1.165) is 26.1 Å². The van der Waals surface area contributed by atoms with Crippen LogP contribution in [0.25, 0.3) is 0 Å². The molecule has 2 aliphatic heterocycles. The van der Waals surface area contributed by atoms with Crippen LogP contribution in [-0.4, -0.2) is 59.8 Å². The molecule has 2 heterocycles. The number of rotatable bonds is 4. The Balaban J connectivity index is 1.89. The second kappa shape index (κ2) is 4.89. The standard InChI is InChI=1S/C16H24N2O/c1-3-9-18-14(10-19)15(13-7-5-4-6-8-13)16(18)11-17(2)12-16/h4-8,14-15,19H,3,9-12H2,1-2H3/t14-,15+/m1/s1. The van der Waals surface area contributed by atoms with Gasteiger partial charge in [0.1, 0.15) is 0 Å². The molecule has 0 bridgehead atoms. The molecule has 1 spiro atoms. The number of aliphatic hydroxyl groups is 1. The number of hydrogen-bond donors (Lipinski definition) is 1. The number of likely N-dealkylation sites (N-methyl/N-ethyl adjacent to an activating group) is 1. The first kappa shape index (κ1) is 13.1. The van der Waals surface area contributed by atoms with E-state index in [9.17, 15) is 5.11 Å². The van der Waals surface area contributed by atoms with Crippen molar-refractivity contribution >= 4 is 0 Å². The topological polar surface area (TPSA) is 26.7 Å². The van der Waals surface area contributed by atoms with Gasteiger partial charge in [-0.1, -0.05) is 37.3 Å². The first-order chi connectivity index (χ1) is 9.23. The maximum atomic E-state index is 9.78. The van der Waals surface area contributed by atoms with Crippen LogP contribution in [0, 0.1) is 0 Å². The lowest BCUT2D eigenvalue weighted by molar-refractivity contribution is -0.184. The van der Waals surface area contributed by atoms with E-state index in [1.165, 1.54) is 5.56 Å². The fourth-order valence-corrected chi connectivity index (χ4v) is 4.26. The lowest BCUT2D eigenvalue weighted by Gasteiger charge is -2.70. The molecular formula is C16H24N2O. The predicted octanol–water partition coefficient (Wildman–Crippen LogP) is 1.54. The quantitative estimate of drug-likeness (QED) is 0.889. The van der Waals surface area contributed by atoms with Crippen LogP contribution in [0.5, 0.6) is 0 Å². The summed E-state index contributed by atoms with van der Waals surface area (Å²) in [6.07, 6.45) is 1.16. The molecule has 3 nitrogen and oxygen atoms in total. The van der Waals surface area contributed by atoms with Gasteiger partial charge in [-0.05, 0) is 25.6 Å². The van der Waals surface area contributed by atoms with E-state index in [1.54, 1.807) is 0 Å². The van der Waals surface area contributed by atoms with Crippen LogP contribution in [0.4, 0.5) is 0 Å². The molecule has 2 fully saturated rings. The highest BCUT2D eigenvalue weighted by molar-refractivity contribution is 5.35. The van der Waals surface area contributed by atoms with Gasteiger partial charge in [-0.2, -0.15) is 0 Å². The Labute approximate surface area is 115 Å². The fraction of sp³-hybridized carbons (Fsp3) is 0.625. The molecule has 2 aliphatic rings. The number of aliphatic hydroxyl groups excluding tert-OH is 1. The summed E-state index contributed by atoms with van der Waals surface area (Å²) in [5.74, 6) is 0.487. The average molecular weight is 260 g/mol. The van der Waals surface area contributed by atoms with E-state index < -0.39 is 0 Å². The highest BCUT2D eigenvalue weighted by atomic mass is 16.3. The molecule has 0 aromatic heterocycles. The third kappa shape index (κ3) is 1.83. The summed E-state index contributed by atoms with van der Waals surface area (Å²) in [7, 11) is 2.18. The third-order valence-electron chi connectivity index (χ3n) is 4.83. The summed E-state index contributed by atoms with van der Waals surface area (Å²) in [4.78, 5) is 4.93. The van der Waals surface area contributed by atoms with E-state index in [1.807, 2.05) is 0 Å². The van der Waals surface area contributed by atoms with Gasteiger partial charge in [0.05, 0.1) is 12.1 Å². The third-order valence-corrected chi connectivity index (χ3v) is 4.83. The lowest BCUT2D eigenvalue weighted by Crippen LogP contribution is -2.84. The number of hydrogen-bond acceptors (Lipinski definition) is 3. The molecule has 0 unspecified atom stereocenters. The van der Waals surface area contributed by atoms with Gasteiger partial charge in [-0.15, -0.1) is 0 Å². The molecule has 104 valence electrons. The van der Waals surface area contributed by atoms with Gasteiger partial charge in [0.15, 0.2) is 0 Å². The highest BCUT2D eigenvalue weighted by Crippen LogP contribution is 2.53. The monoisotopic (exact) mass is 260 g/mol. The van der Waals surface area contributed by atoms with Crippen molar-refractivity contribution in [1.82, 2.24) is 9.80 Å². The van der Waals surface area contributed by atoms with Crippen LogP contribution < -0.4 is 0 Å². The molecule has 1 aromatic carbocycles.